The van der Waals surface area contributed by atoms with Crippen LogP contribution >= 0.6 is 0 Å². The molecule has 0 bridgehead atoms. The molecule has 0 saturated heterocycles. The van der Waals surface area contributed by atoms with Crippen LogP contribution < -0.4 is 18.9 Å². The molecule has 0 aliphatic heterocycles. The lowest BCUT2D eigenvalue weighted by atomic mass is 10.0. The van der Waals surface area contributed by atoms with E-state index in [1.165, 1.54) is 6.92 Å². The molecule has 0 saturated carbocycles. The molecular weight excluding hydrogens is 284 g/mol. The number of methoxy groups -OCH3 is 3. The van der Waals surface area contributed by atoms with Crippen molar-refractivity contribution in [2.45, 2.75) is 6.92 Å². The summed E-state index contributed by atoms with van der Waals surface area (Å²) in [5, 5.41) is 0. The van der Waals surface area contributed by atoms with Crippen LogP contribution in [0.25, 0.3) is 11.1 Å². The molecule has 2 aromatic carbocycles. The lowest BCUT2D eigenvalue weighted by molar-refractivity contribution is -0.131. The maximum atomic E-state index is 11.1. The van der Waals surface area contributed by atoms with E-state index in [9.17, 15) is 4.79 Å². The van der Waals surface area contributed by atoms with Gasteiger partial charge >= 0.3 is 5.97 Å². The second-order valence-corrected chi connectivity index (χ2v) is 4.54. The number of ether oxygens (including phenoxy) is 4. The van der Waals surface area contributed by atoms with Crippen molar-refractivity contribution in [2.24, 2.45) is 0 Å². The topological polar surface area (TPSA) is 54.0 Å². The first-order chi connectivity index (χ1) is 10.6. The van der Waals surface area contributed by atoms with Gasteiger partial charge in [0.05, 0.1) is 21.3 Å². The summed E-state index contributed by atoms with van der Waals surface area (Å²) in [6.07, 6.45) is 0. The van der Waals surface area contributed by atoms with Gasteiger partial charge < -0.3 is 18.9 Å². The third-order valence-corrected chi connectivity index (χ3v) is 3.09. The van der Waals surface area contributed by atoms with Crippen LogP contribution in [0.4, 0.5) is 0 Å². The highest BCUT2D eigenvalue weighted by Crippen LogP contribution is 2.41. The van der Waals surface area contributed by atoms with Gasteiger partial charge in [0.1, 0.15) is 5.75 Å². The monoisotopic (exact) mass is 302 g/mol. The van der Waals surface area contributed by atoms with Crippen LogP contribution in [0.5, 0.6) is 23.0 Å². The van der Waals surface area contributed by atoms with Crippen molar-refractivity contribution in [3.8, 4) is 34.1 Å². The molecule has 0 aromatic heterocycles. The third-order valence-electron chi connectivity index (χ3n) is 3.09. The normalized spacial score (nSPS) is 10.0. The number of hydrogen-bond donors (Lipinski definition) is 0. The van der Waals surface area contributed by atoms with E-state index in [1.807, 2.05) is 24.3 Å². The van der Waals surface area contributed by atoms with E-state index in [4.69, 9.17) is 18.9 Å². The highest BCUT2D eigenvalue weighted by molar-refractivity contribution is 5.74. The van der Waals surface area contributed by atoms with E-state index in [0.717, 1.165) is 11.1 Å². The minimum Gasteiger partial charge on any atom is -0.493 e. The Labute approximate surface area is 129 Å². The summed E-state index contributed by atoms with van der Waals surface area (Å²) in [4.78, 5) is 11.1. The van der Waals surface area contributed by atoms with Gasteiger partial charge in [-0.05, 0) is 35.4 Å². The quantitative estimate of drug-likeness (QED) is 0.626. The second kappa shape index (κ2) is 6.85. The minimum atomic E-state index is -0.359. The summed E-state index contributed by atoms with van der Waals surface area (Å²) in [5.41, 5.74) is 1.74. The molecule has 0 aliphatic carbocycles. The first-order valence-electron chi connectivity index (χ1n) is 6.68. The average molecular weight is 302 g/mol. The summed E-state index contributed by atoms with van der Waals surface area (Å²) >= 11 is 0. The van der Waals surface area contributed by atoms with Crippen molar-refractivity contribution in [2.75, 3.05) is 21.3 Å². The zero-order chi connectivity index (χ0) is 16.1. The molecular formula is C17H18O5. The van der Waals surface area contributed by atoms with Gasteiger partial charge in [0.25, 0.3) is 0 Å². The first-order valence-corrected chi connectivity index (χ1v) is 6.68. The molecule has 0 unspecified atom stereocenters. The van der Waals surface area contributed by atoms with Crippen LogP contribution in [0, 0.1) is 0 Å². The Morgan fingerprint density at radius 3 is 2.00 bits per heavy atom. The van der Waals surface area contributed by atoms with Crippen molar-refractivity contribution in [3.63, 3.8) is 0 Å². The predicted molar refractivity (Wildman–Crippen MR) is 82.8 cm³/mol. The number of carbonyl (C=O) groups excluding carboxylic acids is 1. The van der Waals surface area contributed by atoms with Crippen molar-refractivity contribution in [1.82, 2.24) is 0 Å². The Morgan fingerprint density at radius 2 is 1.50 bits per heavy atom. The van der Waals surface area contributed by atoms with Gasteiger partial charge in [-0.2, -0.15) is 0 Å². The zero-order valence-electron chi connectivity index (χ0n) is 13.0. The van der Waals surface area contributed by atoms with Gasteiger partial charge in [0.2, 0.25) is 5.75 Å². The molecule has 5 nitrogen and oxygen atoms in total. The summed E-state index contributed by atoms with van der Waals surface area (Å²) in [6.45, 7) is 1.37. The van der Waals surface area contributed by atoms with Crippen molar-refractivity contribution in [3.05, 3.63) is 36.4 Å². The molecule has 0 N–H and O–H groups in total. The molecule has 0 fully saturated rings. The smallest absolute Gasteiger partial charge is 0.308 e. The highest BCUT2D eigenvalue weighted by Gasteiger charge is 2.14. The van der Waals surface area contributed by atoms with E-state index in [2.05, 4.69) is 0 Å². The molecule has 0 heterocycles. The summed E-state index contributed by atoms with van der Waals surface area (Å²) < 4.78 is 21.1. The Hall–Kier alpha value is -2.69. The molecule has 2 rings (SSSR count). The SMILES string of the molecule is COc1cc(-c2cccc(OC(C)=O)c2)cc(OC)c1OC. The molecule has 0 atom stereocenters. The Balaban J connectivity index is 2.50. The fourth-order valence-electron chi connectivity index (χ4n) is 2.15. The number of rotatable bonds is 5. The lowest BCUT2D eigenvalue weighted by Crippen LogP contribution is -2.01. The van der Waals surface area contributed by atoms with Gasteiger partial charge in [-0.3, -0.25) is 4.79 Å². The second-order valence-electron chi connectivity index (χ2n) is 4.54. The zero-order valence-corrected chi connectivity index (χ0v) is 13.0. The summed E-state index contributed by atoms with van der Waals surface area (Å²) in [6, 6.07) is 10.9. The van der Waals surface area contributed by atoms with Crippen LogP contribution in [0.2, 0.25) is 0 Å². The van der Waals surface area contributed by atoms with Gasteiger partial charge in [0, 0.05) is 6.92 Å². The summed E-state index contributed by atoms with van der Waals surface area (Å²) in [7, 11) is 4.69. The van der Waals surface area contributed by atoms with Crippen molar-refractivity contribution < 1.29 is 23.7 Å². The lowest BCUT2D eigenvalue weighted by Gasteiger charge is -2.14. The molecule has 0 spiro atoms. The summed E-state index contributed by atoms with van der Waals surface area (Å²) in [5.74, 6) is 1.79. The Bertz CT molecular complexity index is 653. The van der Waals surface area contributed by atoms with Gasteiger partial charge in [-0.15, -0.1) is 0 Å². The van der Waals surface area contributed by atoms with Crippen molar-refractivity contribution >= 4 is 5.97 Å². The third kappa shape index (κ3) is 3.31. The Morgan fingerprint density at radius 1 is 0.864 bits per heavy atom. The Kier molecular flexibility index (Phi) is 4.88. The van der Waals surface area contributed by atoms with Crippen LogP contribution in [0.3, 0.4) is 0 Å². The van der Waals surface area contributed by atoms with Gasteiger partial charge in [0.15, 0.2) is 11.5 Å². The number of carbonyl (C=O) groups is 1. The molecule has 0 amide bonds. The minimum absolute atomic E-state index is 0.359. The molecule has 0 aliphatic rings. The van der Waals surface area contributed by atoms with Gasteiger partial charge in [-0.1, -0.05) is 12.1 Å². The van der Waals surface area contributed by atoms with Crippen LogP contribution in [-0.4, -0.2) is 27.3 Å². The molecule has 22 heavy (non-hydrogen) atoms. The van der Waals surface area contributed by atoms with Crippen LogP contribution in [0.15, 0.2) is 36.4 Å². The molecule has 0 radical (unpaired) electrons. The molecule has 5 heteroatoms. The van der Waals surface area contributed by atoms with E-state index in [-0.39, 0.29) is 5.97 Å². The molecule has 2 aromatic rings. The number of esters is 1. The fraction of sp³-hybridized carbons (Fsp3) is 0.235. The van der Waals surface area contributed by atoms with Gasteiger partial charge in [-0.25, -0.2) is 0 Å². The number of benzene rings is 2. The van der Waals surface area contributed by atoms with E-state index in [0.29, 0.717) is 23.0 Å². The fourth-order valence-corrected chi connectivity index (χ4v) is 2.15. The maximum Gasteiger partial charge on any atom is 0.308 e. The standard InChI is InChI=1S/C17H18O5/c1-11(18)22-14-7-5-6-12(8-14)13-9-15(19-2)17(21-4)16(10-13)20-3/h5-10H,1-4H3. The average Bonchev–Trinajstić information content (AvgIpc) is 2.52. The number of hydrogen-bond acceptors (Lipinski definition) is 5. The van der Waals surface area contributed by atoms with Crippen LogP contribution in [-0.2, 0) is 4.79 Å². The van der Waals surface area contributed by atoms with E-state index < -0.39 is 0 Å². The van der Waals surface area contributed by atoms with Crippen molar-refractivity contribution in [1.29, 1.82) is 0 Å². The maximum absolute atomic E-state index is 11.1. The largest absolute Gasteiger partial charge is 0.493 e. The van der Waals surface area contributed by atoms with E-state index >= 15 is 0 Å². The van der Waals surface area contributed by atoms with Crippen LogP contribution in [0.1, 0.15) is 6.92 Å². The molecule has 116 valence electrons. The highest BCUT2D eigenvalue weighted by atomic mass is 16.5. The first kappa shape index (κ1) is 15.7. The predicted octanol–water partition coefficient (Wildman–Crippen LogP) is 3.30. The van der Waals surface area contributed by atoms with E-state index in [1.54, 1.807) is 33.5 Å².